The highest BCUT2D eigenvalue weighted by molar-refractivity contribution is 7.99. The maximum absolute atomic E-state index is 5.82. The number of hydrogen-bond donors (Lipinski definition) is 1. The topological polar surface area (TPSA) is 69.6 Å². The molecule has 0 unspecified atom stereocenters. The summed E-state index contributed by atoms with van der Waals surface area (Å²) in [7, 11) is 1.88. The van der Waals surface area contributed by atoms with E-state index in [1.54, 1.807) is 6.33 Å². The molecule has 78 valence electrons. The third-order valence-electron chi connectivity index (χ3n) is 1.89. The number of hydrogen-bond acceptors (Lipinski definition) is 5. The van der Waals surface area contributed by atoms with Crippen LogP contribution in [0.25, 0.3) is 0 Å². The highest BCUT2D eigenvalue weighted by Crippen LogP contribution is 2.28. The first-order valence-electron chi connectivity index (χ1n) is 4.42. The molecule has 0 radical (unpaired) electrons. The van der Waals surface area contributed by atoms with Gasteiger partial charge in [-0.2, -0.15) is 0 Å². The van der Waals surface area contributed by atoms with Gasteiger partial charge < -0.3 is 10.3 Å². The standard InChI is InChI=1S/C9H11N5S/c1-6-3-4-7(10)8(12-6)15-9-13-11-5-14(9)2/h3-5H,10H2,1-2H3. The van der Waals surface area contributed by atoms with E-state index in [-0.39, 0.29) is 0 Å². The molecule has 0 amide bonds. The Morgan fingerprint density at radius 1 is 1.40 bits per heavy atom. The minimum absolute atomic E-state index is 0.661. The summed E-state index contributed by atoms with van der Waals surface area (Å²) >= 11 is 1.41. The molecule has 15 heavy (non-hydrogen) atoms. The lowest BCUT2D eigenvalue weighted by atomic mass is 10.3. The predicted octanol–water partition coefficient (Wildman–Crippen LogP) is 1.25. The van der Waals surface area contributed by atoms with Crippen molar-refractivity contribution in [3.05, 3.63) is 24.2 Å². The van der Waals surface area contributed by atoms with Crippen LogP contribution in [0, 0.1) is 6.92 Å². The zero-order valence-corrected chi connectivity index (χ0v) is 9.32. The highest BCUT2D eigenvalue weighted by atomic mass is 32.2. The molecule has 0 atom stereocenters. The summed E-state index contributed by atoms with van der Waals surface area (Å²) in [6.45, 7) is 1.93. The molecule has 0 aliphatic carbocycles. The SMILES string of the molecule is Cc1ccc(N)c(Sc2nncn2C)n1. The third kappa shape index (κ3) is 2.10. The van der Waals surface area contributed by atoms with Gasteiger partial charge in [0.2, 0.25) is 0 Å². The van der Waals surface area contributed by atoms with E-state index in [2.05, 4.69) is 15.2 Å². The van der Waals surface area contributed by atoms with Gasteiger partial charge in [-0.25, -0.2) is 4.98 Å². The zero-order valence-electron chi connectivity index (χ0n) is 8.51. The second kappa shape index (κ2) is 3.90. The van der Waals surface area contributed by atoms with E-state index in [0.717, 1.165) is 15.9 Å². The molecule has 0 saturated heterocycles. The molecule has 2 aromatic heterocycles. The average Bonchev–Trinajstić information content (AvgIpc) is 2.58. The minimum atomic E-state index is 0.661. The lowest BCUT2D eigenvalue weighted by Gasteiger charge is -2.04. The minimum Gasteiger partial charge on any atom is -0.397 e. The summed E-state index contributed by atoms with van der Waals surface area (Å²) in [4.78, 5) is 4.35. The molecule has 2 aromatic rings. The number of rotatable bonds is 2. The fourth-order valence-corrected chi connectivity index (χ4v) is 1.90. The number of nitrogens with two attached hydrogens (primary N) is 1. The smallest absolute Gasteiger partial charge is 0.197 e. The van der Waals surface area contributed by atoms with E-state index in [1.165, 1.54) is 11.8 Å². The van der Waals surface area contributed by atoms with E-state index >= 15 is 0 Å². The average molecular weight is 221 g/mol. The Morgan fingerprint density at radius 3 is 2.87 bits per heavy atom. The van der Waals surface area contributed by atoms with E-state index in [4.69, 9.17) is 5.73 Å². The second-order valence-corrected chi connectivity index (χ2v) is 4.13. The molecule has 0 saturated carbocycles. The van der Waals surface area contributed by atoms with Gasteiger partial charge in [-0.05, 0) is 30.8 Å². The molecule has 2 N–H and O–H groups in total. The summed E-state index contributed by atoms with van der Waals surface area (Å²) in [5.41, 5.74) is 7.41. The third-order valence-corrected chi connectivity index (χ3v) is 2.96. The van der Waals surface area contributed by atoms with Gasteiger partial charge in [0, 0.05) is 12.7 Å². The monoisotopic (exact) mass is 221 g/mol. The van der Waals surface area contributed by atoms with E-state index in [9.17, 15) is 0 Å². The Labute approximate surface area is 91.7 Å². The second-order valence-electron chi connectivity index (χ2n) is 3.17. The number of anilines is 1. The van der Waals surface area contributed by atoms with Gasteiger partial charge in [-0.1, -0.05) is 0 Å². The van der Waals surface area contributed by atoms with Crippen molar-refractivity contribution in [1.82, 2.24) is 19.7 Å². The van der Waals surface area contributed by atoms with Crippen LogP contribution < -0.4 is 5.73 Å². The van der Waals surface area contributed by atoms with Crippen molar-refractivity contribution < 1.29 is 0 Å². The quantitative estimate of drug-likeness (QED) is 0.826. The Kier molecular flexibility index (Phi) is 2.59. The fourth-order valence-electron chi connectivity index (χ4n) is 1.08. The Hall–Kier alpha value is -1.56. The lowest BCUT2D eigenvalue weighted by molar-refractivity contribution is 0.787. The maximum Gasteiger partial charge on any atom is 0.197 e. The Bertz CT molecular complexity index is 479. The first-order chi connectivity index (χ1) is 7.16. The van der Waals surface area contributed by atoms with Crippen LogP contribution in [0.5, 0.6) is 0 Å². The van der Waals surface area contributed by atoms with Crippen LogP contribution in [-0.4, -0.2) is 19.7 Å². The number of aryl methyl sites for hydroxylation is 2. The van der Waals surface area contributed by atoms with Gasteiger partial charge in [-0.15, -0.1) is 10.2 Å². The lowest BCUT2D eigenvalue weighted by Crippen LogP contribution is -1.95. The molecule has 0 spiro atoms. The van der Waals surface area contributed by atoms with Gasteiger partial charge in [0.15, 0.2) is 5.16 Å². The Balaban J connectivity index is 2.32. The van der Waals surface area contributed by atoms with Crippen LogP contribution in [0.4, 0.5) is 5.69 Å². The molecular formula is C9H11N5S. The maximum atomic E-state index is 5.82. The summed E-state index contributed by atoms with van der Waals surface area (Å²) in [6.07, 6.45) is 1.65. The van der Waals surface area contributed by atoms with Gasteiger partial charge in [0.25, 0.3) is 0 Å². The highest BCUT2D eigenvalue weighted by Gasteiger charge is 2.08. The van der Waals surface area contributed by atoms with Crippen molar-refractivity contribution in [1.29, 1.82) is 0 Å². The zero-order chi connectivity index (χ0) is 10.8. The molecule has 5 nitrogen and oxygen atoms in total. The van der Waals surface area contributed by atoms with Gasteiger partial charge in [-0.3, -0.25) is 0 Å². The number of nitrogen functional groups attached to an aromatic ring is 1. The Morgan fingerprint density at radius 2 is 2.20 bits per heavy atom. The van der Waals surface area contributed by atoms with E-state index < -0.39 is 0 Å². The van der Waals surface area contributed by atoms with Crippen LogP contribution in [0.2, 0.25) is 0 Å². The first kappa shape index (κ1) is 9.97. The van der Waals surface area contributed by atoms with Crippen LogP contribution in [0.3, 0.4) is 0 Å². The molecular weight excluding hydrogens is 210 g/mol. The number of aromatic nitrogens is 4. The summed E-state index contributed by atoms with van der Waals surface area (Å²) in [5.74, 6) is 0. The van der Waals surface area contributed by atoms with Crippen LogP contribution in [-0.2, 0) is 7.05 Å². The van der Waals surface area contributed by atoms with Crippen molar-refractivity contribution in [2.75, 3.05) is 5.73 Å². The summed E-state index contributed by atoms with van der Waals surface area (Å²) in [6, 6.07) is 3.73. The fraction of sp³-hybridized carbons (Fsp3) is 0.222. The molecule has 2 heterocycles. The van der Waals surface area contributed by atoms with Gasteiger partial charge in [0.1, 0.15) is 11.4 Å². The summed E-state index contributed by atoms with van der Waals surface area (Å²) < 4.78 is 1.83. The number of pyridine rings is 1. The van der Waals surface area contributed by atoms with Crippen molar-refractivity contribution >= 4 is 17.4 Å². The predicted molar refractivity (Wildman–Crippen MR) is 58.5 cm³/mol. The van der Waals surface area contributed by atoms with E-state index in [0.29, 0.717) is 5.69 Å². The van der Waals surface area contributed by atoms with Crippen LogP contribution in [0.1, 0.15) is 5.69 Å². The molecule has 6 heteroatoms. The normalized spacial score (nSPS) is 10.5. The summed E-state index contributed by atoms with van der Waals surface area (Å²) in [5, 5.41) is 9.30. The van der Waals surface area contributed by atoms with Gasteiger partial charge in [0.05, 0.1) is 5.69 Å². The molecule has 2 rings (SSSR count). The molecule has 0 aliphatic rings. The van der Waals surface area contributed by atoms with Crippen LogP contribution >= 0.6 is 11.8 Å². The molecule has 0 aromatic carbocycles. The molecule has 0 fully saturated rings. The van der Waals surface area contributed by atoms with Crippen molar-refractivity contribution in [3.63, 3.8) is 0 Å². The van der Waals surface area contributed by atoms with Crippen molar-refractivity contribution in [2.45, 2.75) is 17.1 Å². The first-order valence-corrected chi connectivity index (χ1v) is 5.23. The van der Waals surface area contributed by atoms with Crippen molar-refractivity contribution in [2.24, 2.45) is 7.05 Å². The largest absolute Gasteiger partial charge is 0.397 e. The molecule has 0 bridgehead atoms. The molecule has 0 aliphatic heterocycles. The van der Waals surface area contributed by atoms with E-state index in [1.807, 2.05) is 30.7 Å². The van der Waals surface area contributed by atoms with Gasteiger partial charge >= 0.3 is 0 Å². The van der Waals surface area contributed by atoms with Crippen molar-refractivity contribution in [3.8, 4) is 0 Å². The van der Waals surface area contributed by atoms with Crippen LogP contribution in [0.15, 0.2) is 28.6 Å². The number of nitrogens with zero attached hydrogens (tertiary/aromatic N) is 4.